The van der Waals surface area contributed by atoms with Crippen LogP contribution in [0.15, 0.2) is 53.6 Å². The predicted molar refractivity (Wildman–Crippen MR) is 79.4 cm³/mol. The Bertz CT molecular complexity index is 745. The minimum Gasteiger partial charge on any atom is -0.306 e. The summed E-state index contributed by atoms with van der Waals surface area (Å²) in [5.41, 5.74) is 3.13. The number of hydrogen-bond donors (Lipinski definition) is 3. The SMILES string of the molecule is O=c1[nH]nc(CNCc2ccc(-c3cccnc3)cc2)[nH]1. The van der Waals surface area contributed by atoms with Crippen molar-refractivity contribution in [3.8, 4) is 11.1 Å². The third kappa shape index (κ3) is 3.43. The molecule has 3 N–H and O–H groups in total. The number of nitrogens with one attached hydrogen (secondary N) is 3. The molecule has 21 heavy (non-hydrogen) atoms. The molecule has 0 spiro atoms. The Labute approximate surface area is 121 Å². The van der Waals surface area contributed by atoms with Gasteiger partial charge in [0.1, 0.15) is 5.82 Å². The highest BCUT2D eigenvalue weighted by Gasteiger charge is 2.00. The first-order valence-electron chi connectivity index (χ1n) is 6.65. The molecule has 0 saturated heterocycles. The van der Waals surface area contributed by atoms with E-state index in [-0.39, 0.29) is 5.69 Å². The van der Waals surface area contributed by atoms with Gasteiger partial charge in [-0.3, -0.25) is 9.97 Å². The minimum atomic E-state index is -0.285. The van der Waals surface area contributed by atoms with Crippen LogP contribution in [0, 0.1) is 0 Å². The fourth-order valence-corrected chi connectivity index (χ4v) is 2.06. The van der Waals surface area contributed by atoms with Gasteiger partial charge in [0.15, 0.2) is 0 Å². The Balaban J connectivity index is 1.58. The van der Waals surface area contributed by atoms with Gasteiger partial charge >= 0.3 is 5.69 Å². The quantitative estimate of drug-likeness (QED) is 0.660. The van der Waals surface area contributed by atoms with Crippen LogP contribution in [0.1, 0.15) is 11.4 Å². The van der Waals surface area contributed by atoms with Crippen molar-refractivity contribution in [2.75, 3.05) is 0 Å². The summed E-state index contributed by atoms with van der Waals surface area (Å²) in [7, 11) is 0. The Morgan fingerprint density at radius 3 is 2.57 bits per heavy atom. The van der Waals surface area contributed by atoms with Gasteiger partial charge in [0.05, 0.1) is 6.54 Å². The highest BCUT2D eigenvalue weighted by Crippen LogP contribution is 2.18. The van der Waals surface area contributed by atoms with E-state index in [1.165, 1.54) is 5.56 Å². The Hall–Kier alpha value is -2.73. The summed E-state index contributed by atoms with van der Waals surface area (Å²) in [6, 6.07) is 12.3. The van der Waals surface area contributed by atoms with E-state index in [0.717, 1.165) is 11.1 Å². The summed E-state index contributed by atoms with van der Waals surface area (Å²) in [6.45, 7) is 1.23. The molecular formula is C15H15N5O. The fourth-order valence-electron chi connectivity index (χ4n) is 2.06. The average molecular weight is 281 g/mol. The van der Waals surface area contributed by atoms with Crippen molar-refractivity contribution >= 4 is 0 Å². The first-order chi connectivity index (χ1) is 10.3. The molecule has 1 aromatic carbocycles. The zero-order valence-electron chi connectivity index (χ0n) is 11.3. The molecule has 6 heteroatoms. The normalized spacial score (nSPS) is 10.7. The van der Waals surface area contributed by atoms with Crippen molar-refractivity contribution in [1.82, 2.24) is 25.5 Å². The third-order valence-electron chi connectivity index (χ3n) is 3.12. The lowest BCUT2D eigenvalue weighted by Gasteiger charge is -2.05. The smallest absolute Gasteiger partial charge is 0.306 e. The van der Waals surface area contributed by atoms with E-state index >= 15 is 0 Å². The Kier molecular flexibility index (Phi) is 3.88. The second-order valence-electron chi connectivity index (χ2n) is 4.67. The number of nitrogens with zero attached hydrogens (tertiary/aromatic N) is 2. The van der Waals surface area contributed by atoms with E-state index < -0.39 is 0 Å². The maximum absolute atomic E-state index is 10.9. The van der Waals surface area contributed by atoms with Gasteiger partial charge < -0.3 is 5.32 Å². The van der Waals surface area contributed by atoms with Crippen molar-refractivity contribution in [1.29, 1.82) is 0 Å². The summed E-state index contributed by atoms with van der Waals surface area (Å²) in [4.78, 5) is 17.6. The second-order valence-corrected chi connectivity index (χ2v) is 4.67. The molecular weight excluding hydrogens is 266 g/mol. The zero-order chi connectivity index (χ0) is 14.5. The van der Waals surface area contributed by atoms with Gasteiger partial charge in [-0.05, 0) is 22.8 Å². The van der Waals surface area contributed by atoms with Crippen LogP contribution in [0.25, 0.3) is 11.1 Å². The summed E-state index contributed by atoms with van der Waals surface area (Å²) >= 11 is 0. The van der Waals surface area contributed by atoms with Gasteiger partial charge in [-0.25, -0.2) is 9.89 Å². The molecule has 0 fully saturated rings. The maximum Gasteiger partial charge on any atom is 0.340 e. The van der Waals surface area contributed by atoms with Crippen molar-refractivity contribution in [2.45, 2.75) is 13.1 Å². The van der Waals surface area contributed by atoms with Gasteiger partial charge in [0.2, 0.25) is 0 Å². The van der Waals surface area contributed by atoms with Crippen LogP contribution < -0.4 is 11.0 Å². The number of hydrogen-bond acceptors (Lipinski definition) is 4. The molecule has 0 radical (unpaired) electrons. The largest absolute Gasteiger partial charge is 0.340 e. The van der Waals surface area contributed by atoms with E-state index in [4.69, 9.17) is 0 Å². The first kappa shape index (κ1) is 13.3. The fraction of sp³-hybridized carbons (Fsp3) is 0.133. The van der Waals surface area contributed by atoms with Gasteiger partial charge in [0.25, 0.3) is 0 Å². The number of benzene rings is 1. The second kappa shape index (κ2) is 6.15. The first-order valence-corrected chi connectivity index (χ1v) is 6.65. The lowest BCUT2D eigenvalue weighted by atomic mass is 10.1. The maximum atomic E-state index is 10.9. The van der Waals surface area contributed by atoms with Crippen molar-refractivity contribution < 1.29 is 0 Å². The van der Waals surface area contributed by atoms with Gasteiger partial charge in [-0.2, -0.15) is 5.10 Å². The van der Waals surface area contributed by atoms with Gasteiger partial charge in [0, 0.05) is 18.9 Å². The topological polar surface area (TPSA) is 86.5 Å². The van der Waals surface area contributed by atoms with E-state index in [9.17, 15) is 4.79 Å². The monoisotopic (exact) mass is 281 g/mol. The van der Waals surface area contributed by atoms with Crippen molar-refractivity contribution in [3.63, 3.8) is 0 Å². The molecule has 0 bridgehead atoms. The Morgan fingerprint density at radius 1 is 1.05 bits per heavy atom. The standard InChI is InChI=1S/C15H15N5O/c21-15-18-14(19-20-15)10-17-8-11-3-5-12(6-4-11)13-2-1-7-16-9-13/h1-7,9,17H,8,10H2,(H2,18,19,20,21). The molecule has 106 valence electrons. The lowest BCUT2D eigenvalue weighted by Crippen LogP contribution is -2.14. The van der Waals surface area contributed by atoms with E-state index in [2.05, 4.69) is 49.7 Å². The van der Waals surface area contributed by atoms with Crippen LogP contribution in [0.3, 0.4) is 0 Å². The summed E-state index contributed by atoms with van der Waals surface area (Å²) < 4.78 is 0. The molecule has 3 aromatic rings. The molecule has 2 aromatic heterocycles. The summed E-state index contributed by atoms with van der Waals surface area (Å²) in [5, 5.41) is 9.40. The van der Waals surface area contributed by atoms with Crippen LogP contribution in [0.4, 0.5) is 0 Å². The van der Waals surface area contributed by atoms with E-state index in [1.807, 2.05) is 18.3 Å². The molecule has 0 aliphatic heterocycles. The molecule has 0 unspecified atom stereocenters. The number of H-pyrrole nitrogens is 2. The molecule has 0 atom stereocenters. The van der Waals surface area contributed by atoms with E-state index in [1.54, 1.807) is 6.20 Å². The molecule has 0 aliphatic carbocycles. The van der Waals surface area contributed by atoms with Crippen LogP contribution in [0.2, 0.25) is 0 Å². The molecule has 3 rings (SSSR count). The lowest BCUT2D eigenvalue weighted by molar-refractivity contribution is 0.665. The molecule has 0 saturated carbocycles. The van der Waals surface area contributed by atoms with Gasteiger partial charge in [-0.15, -0.1) is 0 Å². The number of pyridine rings is 1. The zero-order valence-corrected chi connectivity index (χ0v) is 11.3. The van der Waals surface area contributed by atoms with Crippen LogP contribution >= 0.6 is 0 Å². The van der Waals surface area contributed by atoms with E-state index in [0.29, 0.717) is 18.9 Å². The van der Waals surface area contributed by atoms with Gasteiger partial charge in [-0.1, -0.05) is 30.3 Å². The highest BCUT2D eigenvalue weighted by molar-refractivity contribution is 5.62. The summed E-state index contributed by atoms with van der Waals surface area (Å²) in [6.07, 6.45) is 3.61. The molecule has 6 nitrogen and oxygen atoms in total. The molecule has 2 heterocycles. The van der Waals surface area contributed by atoms with Crippen molar-refractivity contribution in [2.24, 2.45) is 0 Å². The van der Waals surface area contributed by atoms with Crippen LogP contribution in [0.5, 0.6) is 0 Å². The predicted octanol–water partition coefficient (Wildman–Crippen LogP) is 1.45. The number of aromatic amines is 2. The van der Waals surface area contributed by atoms with Crippen molar-refractivity contribution in [3.05, 3.63) is 70.7 Å². The van der Waals surface area contributed by atoms with Crippen LogP contribution in [-0.4, -0.2) is 20.2 Å². The average Bonchev–Trinajstić information content (AvgIpc) is 2.94. The summed E-state index contributed by atoms with van der Waals surface area (Å²) in [5.74, 6) is 0.604. The molecule has 0 aliphatic rings. The minimum absolute atomic E-state index is 0.285. The number of rotatable bonds is 5. The highest BCUT2D eigenvalue weighted by atomic mass is 16.1. The molecule has 0 amide bonds. The van der Waals surface area contributed by atoms with Crippen LogP contribution in [-0.2, 0) is 13.1 Å². The number of aromatic nitrogens is 4. The third-order valence-corrected chi connectivity index (χ3v) is 3.12. The Morgan fingerprint density at radius 2 is 1.90 bits per heavy atom.